The van der Waals surface area contributed by atoms with Crippen LogP contribution in [0.15, 0.2) is 23.0 Å². The lowest BCUT2D eigenvalue weighted by molar-refractivity contribution is 0.0950. The van der Waals surface area contributed by atoms with Crippen LogP contribution in [0.4, 0.5) is 0 Å². The summed E-state index contributed by atoms with van der Waals surface area (Å²) in [6.07, 6.45) is 0.959. The van der Waals surface area contributed by atoms with Gasteiger partial charge in [0.15, 0.2) is 0 Å². The van der Waals surface area contributed by atoms with Crippen LogP contribution < -0.4 is 15.7 Å². The standard InChI is InChI=1S/C13H14N4O3/c1-7-4-9-5-8(2-3-10(9)20-7)12(18)14-6-11-15-13(19)17-16-11/h2-3,5,7H,4,6H2,1H3,(H,14,18)(H2,15,16,17,19)/t7-/m0/s1. The number of H-pyrrole nitrogens is 2. The predicted molar refractivity (Wildman–Crippen MR) is 70.6 cm³/mol. The molecule has 0 saturated heterocycles. The first-order chi connectivity index (χ1) is 9.61. The highest BCUT2D eigenvalue weighted by Gasteiger charge is 2.20. The van der Waals surface area contributed by atoms with E-state index in [0.717, 1.165) is 17.7 Å². The summed E-state index contributed by atoms with van der Waals surface area (Å²) in [6.45, 7) is 2.16. The van der Waals surface area contributed by atoms with Gasteiger partial charge in [-0.25, -0.2) is 9.89 Å². The van der Waals surface area contributed by atoms with E-state index in [2.05, 4.69) is 20.5 Å². The first-order valence-corrected chi connectivity index (χ1v) is 6.33. The van der Waals surface area contributed by atoms with E-state index in [9.17, 15) is 9.59 Å². The van der Waals surface area contributed by atoms with Crippen LogP contribution in [0.5, 0.6) is 5.75 Å². The molecule has 1 aromatic carbocycles. The average Bonchev–Trinajstić information content (AvgIpc) is 2.99. The van der Waals surface area contributed by atoms with Gasteiger partial charge < -0.3 is 10.1 Å². The van der Waals surface area contributed by atoms with E-state index >= 15 is 0 Å². The van der Waals surface area contributed by atoms with Crippen molar-refractivity contribution in [2.24, 2.45) is 0 Å². The van der Waals surface area contributed by atoms with Crippen LogP contribution in [0.3, 0.4) is 0 Å². The molecule has 1 amide bonds. The van der Waals surface area contributed by atoms with Crippen molar-refractivity contribution in [2.75, 3.05) is 0 Å². The van der Waals surface area contributed by atoms with Gasteiger partial charge in [-0.15, -0.1) is 0 Å². The molecule has 104 valence electrons. The normalized spacial score (nSPS) is 16.6. The van der Waals surface area contributed by atoms with Crippen molar-refractivity contribution in [3.8, 4) is 5.75 Å². The second-order valence-electron chi connectivity index (χ2n) is 4.76. The molecule has 1 aromatic heterocycles. The van der Waals surface area contributed by atoms with Crippen molar-refractivity contribution in [1.29, 1.82) is 0 Å². The Morgan fingerprint density at radius 1 is 1.55 bits per heavy atom. The number of ether oxygens (including phenoxy) is 1. The highest BCUT2D eigenvalue weighted by atomic mass is 16.5. The molecule has 0 radical (unpaired) electrons. The fourth-order valence-corrected chi connectivity index (χ4v) is 2.22. The van der Waals surface area contributed by atoms with Crippen LogP contribution in [-0.4, -0.2) is 27.2 Å². The first-order valence-electron chi connectivity index (χ1n) is 6.33. The number of aromatic nitrogens is 3. The third kappa shape index (κ3) is 2.42. The summed E-state index contributed by atoms with van der Waals surface area (Å²) in [5.41, 5.74) is 1.22. The molecule has 0 fully saturated rings. The van der Waals surface area contributed by atoms with Crippen molar-refractivity contribution in [2.45, 2.75) is 26.0 Å². The Hall–Kier alpha value is -2.57. The van der Waals surface area contributed by atoms with Gasteiger partial charge in [-0.3, -0.25) is 9.78 Å². The minimum atomic E-state index is -0.391. The molecule has 1 aliphatic rings. The third-order valence-electron chi connectivity index (χ3n) is 3.12. The molecule has 20 heavy (non-hydrogen) atoms. The fraction of sp³-hybridized carbons (Fsp3) is 0.308. The van der Waals surface area contributed by atoms with Gasteiger partial charge in [-0.05, 0) is 30.7 Å². The van der Waals surface area contributed by atoms with Crippen molar-refractivity contribution in [3.05, 3.63) is 45.6 Å². The maximum Gasteiger partial charge on any atom is 0.340 e. The lowest BCUT2D eigenvalue weighted by Gasteiger charge is -2.05. The Labute approximate surface area is 114 Å². The zero-order valence-corrected chi connectivity index (χ0v) is 10.9. The number of fused-ring (bicyclic) bond motifs is 1. The van der Waals surface area contributed by atoms with Gasteiger partial charge in [0.2, 0.25) is 0 Å². The Bertz CT molecular complexity index is 704. The number of hydrogen-bond acceptors (Lipinski definition) is 4. The molecule has 2 aromatic rings. The van der Waals surface area contributed by atoms with E-state index in [1.54, 1.807) is 6.07 Å². The monoisotopic (exact) mass is 274 g/mol. The number of amides is 1. The highest BCUT2D eigenvalue weighted by molar-refractivity contribution is 5.94. The lowest BCUT2D eigenvalue weighted by Crippen LogP contribution is -2.23. The average molecular weight is 274 g/mol. The SMILES string of the molecule is C[C@H]1Cc2cc(C(=O)NCc3n[nH]c(=O)[nH]3)ccc2O1. The predicted octanol–water partition coefficient (Wildman–Crippen LogP) is 0.351. The highest BCUT2D eigenvalue weighted by Crippen LogP contribution is 2.29. The molecule has 0 aliphatic carbocycles. The number of nitrogens with one attached hydrogen (secondary N) is 3. The zero-order valence-electron chi connectivity index (χ0n) is 10.9. The first kappa shape index (κ1) is 12.5. The molecule has 0 bridgehead atoms. The zero-order chi connectivity index (χ0) is 14.1. The minimum Gasteiger partial charge on any atom is -0.490 e. The molecule has 1 atom stereocenters. The minimum absolute atomic E-state index is 0.150. The number of carbonyl (C=O) groups is 1. The number of rotatable bonds is 3. The van der Waals surface area contributed by atoms with Crippen molar-refractivity contribution in [1.82, 2.24) is 20.5 Å². The van der Waals surface area contributed by atoms with Gasteiger partial charge in [0, 0.05) is 12.0 Å². The van der Waals surface area contributed by atoms with Gasteiger partial charge in [0.1, 0.15) is 17.7 Å². The Morgan fingerprint density at radius 3 is 3.15 bits per heavy atom. The van der Waals surface area contributed by atoms with E-state index in [4.69, 9.17) is 4.74 Å². The summed E-state index contributed by atoms with van der Waals surface area (Å²) in [6, 6.07) is 5.37. The van der Waals surface area contributed by atoms with Gasteiger partial charge in [-0.1, -0.05) is 0 Å². The Balaban J connectivity index is 1.69. The number of nitrogens with zero attached hydrogens (tertiary/aromatic N) is 1. The topological polar surface area (TPSA) is 99.9 Å². The molecule has 3 N–H and O–H groups in total. The fourth-order valence-electron chi connectivity index (χ4n) is 2.22. The summed E-state index contributed by atoms with van der Waals surface area (Å²) in [5, 5.41) is 8.66. The second-order valence-corrected chi connectivity index (χ2v) is 4.76. The number of hydrogen-bond donors (Lipinski definition) is 3. The van der Waals surface area contributed by atoms with Crippen LogP contribution in [-0.2, 0) is 13.0 Å². The van der Waals surface area contributed by atoms with E-state index in [1.807, 2.05) is 19.1 Å². The summed E-state index contributed by atoms with van der Waals surface area (Å²) in [7, 11) is 0. The van der Waals surface area contributed by atoms with Gasteiger partial charge in [0.05, 0.1) is 6.54 Å². The summed E-state index contributed by atoms with van der Waals surface area (Å²) >= 11 is 0. The molecule has 1 aliphatic heterocycles. The van der Waals surface area contributed by atoms with Crippen molar-refractivity contribution < 1.29 is 9.53 Å². The number of aromatic amines is 2. The van der Waals surface area contributed by atoms with E-state index in [0.29, 0.717) is 11.4 Å². The van der Waals surface area contributed by atoms with Crippen LogP contribution in [0, 0.1) is 0 Å². The largest absolute Gasteiger partial charge is 0.490 e. The third-order valence-corrected chi connectivity index (χ3v) is 3.12. The van der Waals surface area contributed by atoms with E-state index in [1.165, 1.54) is 0 Å². The lowest BCUT2D eigenvalue weighted by atomic mass is 10.1. The summed E-state index contributed by atoms with van der Waals surface area (Å²) in [5.74, 6) is 1.02. The van der Waals surface area contributed by atoms with Gasteiger partial charge in [-0.2, -0.15) is 5.10 Å². The number of carbonyl (C=O) groups excluding carboxylic acids is 1. The maximum absolute atomic E-state index is 12.0. The van der Waals surface area contributed by atoms with Crippen LogP contribution in [0.1, 0.15) is 28.7 Å². The molecule has 7 nitrogen and oxygen atoms in total. The van der Waals surface area contributed by atoms with E-state index in [-0.39, 0.29) is 18.6 Å². The molecule has 3 rings (SSSR count). The molecule has 0 saturated carbocycles. The maximum atomic E-state index is 12.0. The molecular formula is C13H14N4O3. The number of benzene rings is 1. The van der Waals surface area contributed by atoms with Gasteiger partial charge >= 0.3 is 5.69 Å². The summed E-state index contributed by atoms with van der Waals surface area (Å²) in [4.78, 5) is 25.4. The summed E-state index contributed by atoms with van der Waals surface area (Å²) < 4.78 is 5.59. The second kappa shape index (κ2) is 4.84. The van der Waals surface area contributed by atoms with Crippen molar-refractivity contribution in [3.63, 3.8) is 0 Å². The Kier molecular flexibility index (Phi) is 3.02. The molecule has 0 unspecified atom stereocenters. The van der Waals surface area contributed by atoms with Crippen LogP contribution in [0.25, 0.3) is 0 Å². The quantitative estimate of drug-likeness (QED) is 0.752. The molecule has 2 heterocycles. The molecule has 7 heteroatoms. The van der Waals surface area contributed by atoms with Crippen LogP contribution in [0.2, 0.25) is 0 Å². The van der Waals surface area contributed by atoms with Crippen molar-refractivity contribution >= 4 is 5.91 Å². The van der Waals surface area contributed by atoms with Gasteiger partial charge in [0.25, 0.3) is 5.91 Å². The van der Waals surface area contributed by atoms with Crippen LogP contribution >= 0.6 is 0 Å². The molecular weight excluding hydrogens is 260 g/mol. The Morgan fingerprint density at radius 2 is 2.40 bits per heavy atom. The smallest absolute Gasteiger partial charge is 0.340 e. The molecule has 0 spiro atoms. The van der Waals surface area contributed by atoms with E-state index < -0.39 is 5.69 Å².